The molecular formula is C15H30N4O3S. The van der Waals surface area contributed by atoms with Gasteiger partial charge in [-0.3, -0.25) is 4.79 Å². The Hall–Kier alpha value is -0.700. The topological polar surface area (TPSA) is 105 Å². The van der Waals surface area contributed by atoms with Crippen molar-refractivity contribution < 1.29 is 13.2 Å². The smallest absolute Gasteiger partial charge is 0.239 e. The molecule has 1 aliphatic carbocycles. The van der Waals surface area contributed by atoms with E-state index in [1.165, 1.54) is 6.26 Å². The molecule has 23 heavy (non-hydrogen) atoms. The Balaban J connectivity index is 2.13. The zero-order valence-corrected chi connectivity index (χ0v) is 15.3. The summed E-state index contributed by atoms with van der Waals surface area (Å²) in [6.07, 6.45) is 4.18. The highest BCUT2D eigenvalue weighted by atomic mass is 32.2. The van der Waals surface area contributed by atoms with Crippen LogP contribution in [0.3, 0.4) is 0 Å². The summed E-state index contributed by atoms with van der Waals surface area (Å²) in [6, 6.07) is -0.590. The first-order chi connectivity index (χ1) is 10.5. The maximum atomic E-state index is 12.2. The van der Waals surface area contributed by atoms with E-state index in [4.69, 9.17) is 5.73 Å². The third kappa shape index (κ3) is 5.14. The normalized spacial score (nSPS) is 33.3. The van der Waals surface area contributed by atoms with Crippen LogP contribution >= 0.6 is 0 Å². The number of likely N-dealkylation sites (tertiary alicyclic amines) is 1. The van der Waals surface area contributed by atoms with Crippen LogP contribution < -0.4 is 15.8 Å². The number of nitrogens with two attached hydrogens (primary N) is 1. The van der Waals surface area contributed by atoms with Crippen molar-refractivity contribution in [3.8, 4) is 0 Å². The van der Waals surface area contributed by atoms with Gasteiger partial charge in [-0.25, -0.2) is 13.1 Å². The average molecular weight is 346 g/mol. The van der Waals surface area contributed by atoms with Gasteiger partial charge in [0, 0.05) is 30.2 Å². The van der Waals surface area contributed by atoms with Gasteiger partial charge in [0.25, 0.3) is 0 Å². The van der Waals surface area contributed by atoms with Crippen LogP contribution in [-0.2, 0) is 14.8 Å². The fourth-order valence-electron chi connectivity index (χ4n) is 3.73. The zero-order valence-electron chi connectivity index (χ0n) is 14.5. The van der Waals surface area contributed by atoms with Gasteiger partial charge in [0.1, 0.15) is 0 Å². The van der Waals surface area contributed by atoms with Crippen molar-refractivity contribution in [3.05, 3.63) is 0 Å². The molecule has 1 heterocycles. The molecule has 2 fully saturated rings. The van der Waals surface area contributed by atoms with Gasteiger partial charge in [-0.15, -0.1) is 0 Å². The zero-order chi connectivity index (χ0) is 17.4. The lowest BCUT2D eigenvalue weighted by Gasteiger charge is -2.42. The summed E-state index contributed by atoms with van der Waals surface area (Å²) in [6.45, 7) is 6.91. The SMILES string of the molecule is CC(C)(C)NC1CCC(N2CCC(N)C2=O)C(NS(C)(=O)=O)C1. The molecule has 0 aromatic carbocycles. The quantitative estimate of drug-likeness (QED) is 0.652. The number of rotatable bonds is 4. The van der Waals surface area contributed by atoms with E-state index < -0.39 is 16.1 Å². The molecule has 1 saturated carbocycles. The summed E-state index contributed by atoms with van der Waals surface area (Å²) >= 11 is 0. The lowest BCUT2D eigenvalue weighted by atomic mass is 9.85. The fraction of sp³-hybridized carbons (Fsp3) is 0.933. The van der Waals surface area contributed by atoms with Gasteiger partial charge in [-0.1, -0.05) is 0 Å². The molecule has 4 unspecified atom stereocenters. The average Bonchev–Trinajstić information content (AvgIpc) is 2.67. The van der Waals surface area contributed by atoms with Crippen molar-refractivity contribution in [2.24, 2.45) is 5.73 Å². The van der Waals surface area contributed by atoms with Gasteiger partial charge in [-0.05, 0) is 46.5 Å². The van der Waals surface area contributed by atoms with Crippen LogP contribution in [0.1, 0.15) is 46.5 Å². The van der Waals surface area contributed by atoms with Crippen LogP contribution in [-0.4, -0.2) is 61.7 Å². The molecule has 4 atom stereocenters. The van der Waals surface area contributed by atoms with Crippen LogP contribution in [0.15, 0.2) is 0 Å². The third-order valence-electron chi connectivity index (χ3n) is 4.50. The Morgan fingerprint density at radius 1 is 1.22 bits per heavy atom. The Morgan fingerprint density at radius 3 is 2.35 bits per heavy atom. The Morgan fingerprint density at radius 2 is 1.87 bits per heavy atom. The minimum atomic E-state index is -3.33. The molecule has 0 radical (unpaired) electrons. The Kier molecular flexibility index (Phi) is 5.40. The molecule has 0 spiro atoms. The minimum Gasteiger partial charge on any atom is -0.337 e. The highest BCUT2D eigenvalue weighted by Crippen LogP contribution is 2.28. The second-order valence-corrected chi connectivity index (χ2v) is 9.68. The molecule has 1 aliphatic heterocycles. The van der Waals surface area contributed by atoms with Crippen molar-refractivity contribution in [1.29, 1.82) is 0 Å². The lowest BCUT2D eigenvalue weighted by molar-refractivity contribution is -0.131. The summed E-state index contributed by atoms with van der Waals surface area (Å²) in [5.74, 6) is -0.0578. The first-order valence-electron chi connectivity index (χ1n) is 8.27. The van der Waals surface area contributed by atoms with E-state index in [1.807, 2.05) is 0 Å². The van der Waals surface area contributed by atoms with Crippen molar-refractivity contribution >= 4 is 15.9 Å². The van der Waals surface area contributed by atoms with E-state index in [2.05, 4.69) is 30.8 Å². The molecule has 4 N–H and O–H groups in total. The maximum absolute atomic E-state index is 12.2. The van der Waals surface area contributed by atoms with Gasteiger partial charge < -0.3 is 16.0 Å². The van der Waals surface area contributed by atoms with E-state index in [9.17, 15) is 13.2 Å². The van der Waals surface area contributed by atoms with Crippen molar-refractivity contribution in [3.63, 3.8) is 0 Å². The van der Waals surface area contributed by atoms with E-state index in [0.717, 1.165) is 12.8 Å². The number of nitrogens with one attached hydrogen (secondary N) is 2. The molecule has 2 aliphatic rings. The van der Waals surface area contributed by atoms with Crippen LogP contribution in [0.4, 0.5) is 0 Å². The highest BCUT2D eigenvalue weighted by molar-refractivity contribution is 7.88. The molecule has 1 amide bonds. The number of hydrogen-bond acceptors (Lipinski definition) is 5. The van der Waals surface area contributed by atoms with Gasteiger partial charge in [0.05, 0.1) is 12.3 Å². The van der Waals surface area contributed by atoms with E-state index >= 15 is 0 Å². The monoisotopic (exact) mass is 346 g/mol. The third-order valence-corrected chi connectivity index (χ3v) is 5.23. The van der Waals surface area contributed by atoms with E-state index in [-0.39, 0.29) is 29.6 Å². The molecule has 8 heteroatoms. The van der Waals surface area contributed by atoms with Gasteiger partial charge in [-0.2, -0.15) is 0 Å². The number of carbonyl (C=O) groups is 1. The van der Waals surface area contributed by atoms with E-state index in [1.54, 1.807) is 4.90 Å². The molecule has 0 aromatic heterocycles. The number of sulfonamides is 1. The fourth-order valence-corrected chi connectivity index (χ4v) is 4.53. The number of carbonyl (C=O) groups excluding carboxylic acids is 1. The van der Waals surface area contributed by atoms with Crippen molar-refractivity contribution in [1.82, 2.24) is 14.9 Å². The molecular weight excluding hydrogens is 316 g/mol. The predicted octanol–water partition coefficient (Wildman–Crippen LogP) is -0.227. The van der Waals surface area contributed by atoms with Crippen molar-refractivity contribution in [2.75, 3.05) is 12.8 Å². The molecule has 1 saturated heterocycles. The molecule has 134 valence electrons. The summed E-state index contributed by atoms with van der Waals surface area (Å²) in [4.78, 5) is 14.0. The summed E-state index contributed by atoms with van der Waals surface area (Å²) in [5, 5.41) is 3.54. The second-order valence-electron chi connectivity index (χ2n) is 7.89. The van der Waals surface area contributed by atoms with Gasteiger partial charge >= 0.3 is 0 Å². The first-order valence-corrected chi connectivity index (χ1v) is 10.2. The highest BCUT2D eigenvalue weighted by Gasteiger charge is 2.41. The molecule has 7 nitrogen and oxygen atoms in total. The maximum Gasteiger partial charge on any atom is 0.239 e. The van der Waals surface area contributed by atoms with E-state index in [0.29, 0.717) is 19.4 Å². The summed E-state index contributed by atoms with van der Waals surface area (Å²) in [7, 11) is -3.33. The Labute approximate surface area is 139 Å². The second kappa shape index (κ2) is 6.66. The van der Waals surface area contributed by atoms with Gasteiger partial charge in [0.2, 0.25) is 15.9 Å². The van der Waals surface area contributed by atoms with Crippen LogP contribution in [0, 0.1) is 0 Å². The number of amides is 1. The summed E-state index contributed by atoms with van der Waals surface area (Å²) < 4.78 is 26.2. The molecule has 2 rings (SSSR count). The van der Waals surface area contributed by atoms with Crippen LogP contribution in [0.25, 0.3) is 0 Å². The van der Waals surface area contributed by atoms with Crippen molar-refractivity contribution in [2.45, 2.75) is 76.2 Å². The summed E-state index contributed by atoms with van der Waals surface area (Å²) in [5.41, 5.74) is 5.79. The number of hydrogen-bond donors (Lipinski definition) is 3. The molecule has 0 aromatic rings. The standard InChI is InChI=1S/C15H30N4O3S/c1-15(2,3)17-10-5-6-13(12(9-10)18-23(4,21)22)19-8-7-11(16)14(19)20/h10-13,17-18H,5-9,16H2,1-4H3. The lowest BCUT2D eigenvalue weighted by Crippen LogP contribution is -2.59. The minimum absolute atomic E-state index is 0.0288. The number of nitrogens with zero attached hydrogens (tertiary/aromatic N) is 1. The first kappa shape index (κ1) is 18.6. The largest absolute Gasteiger partial charge is 0.337 e. The van der Waals surface area contributed by atoms with Crippen LogP contribution in [0.2, 0.25) is 0 Å². The molecule has 0 bridgehead atoms. The predicted molar refractivity (Wildman–Crippen MR) is 90.4 cm³/mol. The van der Waals surface area contributed by atoms with Crippen LogP contribution in [0.5, 0.6) is 0 Å². The van der Waals surface area contributed by atoms with Gasteiger partial charge in [0.15, 0.2) is 0 Å². The Bertz CT molecular complexity index is 543.